The van der Waals surface area contributed by atoms with Gasteiger partial charge in [0.05, 0.1) is 26.8 Å². The first kappa shape index (κ1) is 38.3. The number of nitrogens with zero attached hydrogens (tertiary/aromatic N) is 4. The van der Waals surface area contributed by atoms with Gasteiger partial charge in [-0.2, -0.15) is 0 Å². The first-order valence-corrected chi connectivity index (χ1v) is 11.5. The van der Waals surface area contributed by atoms with Crippen LogP contribution in [-0.2, 0) is 33.6 Å². The van der Waals surface area contributed by atoms with E-state index in [0.29, 0.717) is 11.2 Å². The molecule has 0 aliphatic heterocycles. The van der Waals surface area contributed by atoms with Crippen LogP contribution in [0, 0.1) is 0 Å². The van der Waals surface area contributed by atoms with Gasteiger partial charge in [-0.15, -0.1) is 0 Å². The van der Waals surface area contributed by atoms with Gasteiger partial charge in [-0.05, 0) is 6.92 Å². The summed E-state index contributed by atoms with van der Waals surface area (Å²) in [7, 11) is -17.2. The maximum Gasteiger partial charge on any atom is 1.00 e. The molecule has 0 fully saturated rings. The number of nitrogens with two attached hydrogens (primary N) is 1. The minimum atomic E-state index is -6.01. The number of ether oxygens (including phenoxy) is 1. The normalized spacial score (nSPS) is 15.8. The molecule has 0 spiro atoms. The Kier molecular flexibility index (Phi) is 19.5. The van der Waals surface area contributed by atoms with Crippen molar-refractivity contribution in [3.05, 3.63) is 12.7 Å². The minimum Gasteiger partial charge on any atom is -0.790 e. The SMILES string of the molecule is C[C@H](Cn1cnc2c(N)ncnc21)OCP(=O)([O-])OP(=O)([O-])OP(=O)([O-])[O-].[Na+].[Na+].[Na+].[Na+]. The Labute approximate surface area is 265 Å². The monoisotopic (exact) mass is 535 g/mol. The second-order valence-corrected chi connectivity index (χ2v) is 9.68. The average molecular weight is 535 g/mol. The van der Waals surface area contributed by atoms with Gasteiger partial charge in [0.2, 0.25) is 0 Å². The summed E-state index contributed by atoms with van der Waals surface area (Å²) in [6.07, 6.45) is 0.525. The van der Waals surface area contributed by atoms with Crippen LogP contribution in [0.15, 0.2) is 12.7 Å². The Hall–Kier alpha value is 2.76. The summed E-state index contributed by atoms with van der Waals surface area (Å²) < 4.78 is 46.0. The topological polar surface area (TPSA) is 241 Å². The largest absolute Gasteiger partial charge is 1.00 e. The molecule has 152 valence electrons. The standard InChI is InChI=1S/C9H16N5O10P3.4Na/c1-6(2-14-4-13-7-8(10)11-3-12-9(7)14)22-5-25(15,16)23-27(20,21)24-26(17,18)19;;;;/h3-4,6H,2,5H2,1H3,(H,15,16)(H,20,21)(H2,10,11,12)(H2,17,18,19);;;;/q;4*+1/p-4/t6-;;;;/m1..../s1. The molecule has 0 aliphatic rings. The molecule has 2 aromatic rings. The van der Waals surface area contributed by atoms with Crippen LogP contribution >= 0.6 is 23.2 Å². The van der Waals surface area contributed by atoms with E-state index in [-0.39, 0.29) is 131 Å². The van der Waals surface area contributed by atoms with E-state index in [1.54, 1.807) is 0 Å². The molecule has 3 atom stereocenters. The van der Waals surface area contributed by atoms with Crippen LogP contribution in [0.4, 0.5) is 5.82 Å². The number of aromatic nitrogens is 4. The zero-order valence-electron chi connectivity index (χ0n) is 17.4. The molecule has 2 rings (SSSR count). The number of hydrogen-bond donors (Lipinski definition) is 1. The van der Waals surface area contributed by atoms with Crippen molar-refractivity contribution >= 4 is 40.2 Å². The number of anilines is 1. The zero-order valence-corrected chi connectivity index (χ0v) is 28.1. The summed E-state index contributed by atoms with van der Waals surface area (Å²) in [4.78, 5) is 54.9. The van der Waals surface area contributed by atoms with Crippen molar-refractivity contribution in [3.63, 3.8) is 0 Å². The van der Waals surface area contributed by atoms with Gasteiger partial charge in [-0.1, -0.05) is 0 Å². The van der Waals surface area contributed by atoms with Gasteiger partial charge in [0.1, 0.15) is 18.2 Å². The van der Waals surface area contributed by atoms with E-state index in [1.807, 2.05) is 0 Å². The molecule has 2 unspecified atom stereocenters. The Bertz CT molecular complexity index is 976. The molecule has 2 aromatic heterocycles. The minimum absolute atomic E-state index is 0. The molecular formula is C9H12N5Na4O10P3. The van der Waals surface area contributed by atoms with Crippen molar-refractivity contribution in [3.8, 4) is 0 Å². The molecule has 0 saturated heterocycles. The summed E-state index contributed by atoms with van der Waals surface area (Å²) in [6.45, 7) is 1.50. The number of fused-ring (bicyclic) bond motifs is 1. The van der Waals surface area contributed by atoms with Gasteiger partial charge in [0, 0.05) is 0 Å². The van der Waals surface area contributed by atoms with Crippen molar-refractivity contribution in [2.45, 2.75) is 19.6 Å². The van der Waals surface area contributed by atoms with E-state index in [1.165, 1.54) is 24.1 Å². The van der Waals surface area contributed by atoms with Crippen LogP contribution in [0.25, 0.3) is 11.2 Å². The van der Waals surface area contributed by atoms with Gasteiger partial charge in [-0.25, -0.2) is 15.0 Å². The summed E-state index contributed by atoms with van der Waals surface area (Å²) in [5.74, 6) is 0.144. The van der Waals surface area contributed by atoms with Crippen molar-refractivity contribution in [2.24, 2.45) is 0 Å². The van der Waals surface area contributed by atoms with Crippen LogP contribution in [0.3, 0.4) is 0 Å². The van der Waals surface area contributed by atoms with E-state index in [9.17, 15) is 33.3 Å². The number of nitrogen functional groups attached to an aromatic ring is 1. The quantitative estimate of drug-likeness (QED) is 0.232. The fraction of sp³-hybridized carbons (Fsp3) is 0.444. The predicted molar refractivity (Wildman–Crippen MR) is 80.1 cm³/mol. The first-order valence-electron chi connectivity index (χ1n) is 6.87. The first-order chi connectivity index (χ1) is 12.3. The zero-order chi connectivity index (χ0) is 20.5. The molecule has 2 heterocycles. The third-order valence-electron chi connectivity index (χ3n) is 2.82. The molecule has 0 radical (unpaired) electrons. The van der Waals surface area contributed by atoms with Gasteiger partial charge in [0.15, 0.2) is 19.1 Å². The van der Waals surface area contributed by atoms with Crippen LogP contribution in [0.2, 0.25) is 0 Å². The van der Waals surface area contributed by atoms with E-state index in [2.05, 4.69) is 23.6 Å². The smallest absolute Gasteiger partial charge is 0.790 e. The molecule has 0 amide bonds. The summed E-state index contributed by atoms with van der Waals surface area (Å²) in [5, 5.41) is 0. The Balaban J connectivity index is -0.00000196. The van der Waals surface area contributed by atoms with Crippen LogP contribution in [0.5, 0.6) is 0 Å². The summed E-state index contributed by atoms with van der Waals surface area (Å²) in [6, 6.07) is 0. The third kappa shape index (κ3) is 13.6. The molecule has 0 aromatic carbocycles. The fourth-order valence-electron chi connectivity index (χ4n) is 1.89. The second-order valence-electron chi connectivity index (χ2n) is 5.10. The number of hydrogen-bond acceptors (Lipinski definition) is 14. The maximum atomic E-state index is 11.6. The van der Waals surface area contributed by atoms with E-state index in [0.717, 1.165) is 0 Å². The summed E-state index contributed by atoms with van der Waals surface area (Å²) in [5.41, 5.74) is 6.32. The van der Waals surface area contributed by atoms with Crippen molar-refractivity contribution in [1.82, 2.24) is 19.5 Å². The molecule has 2 N–H and O–H groups in total. The average Bonchev–Trinajstić information content (AvgIpc) is 2.86. The third-order valence-corrected chi connectivity index (χ3v) is 6.69. The van der Waals surface area contributed by atoms with E-state index in [4.69, 9.17) is 10.5 Å². The van der Waals surface area contributed by atoms with Crippen LogP contribution in [0.1, 0.15) is 6.92 Å². The van der Waals surface area contributed by atoms with Gasteiger partial charge in [0.25, 0.3) is 7.82 Å². The maximum absolute atomic E-state index is 11.6. The molecule has 0 aliphatic carbocycles. The molecule has 15 nitrogen and oxygen atoms in total. The predicted octanol–water partition coefficient (Wildman–Crippen LogP) is -14.3. The van der Waals surface area contributed by atoms with E-state index < -0.39 is 35.7 Å². The molecule has 0 saturated carbocycles. The number of phosphoric acid groups is 2. The summed E-state index contributed by atoms with van der Waals surface area (Å²) >= 11 is 0. The van der Waals surface area contributed by atoms with Gasteiger partial charge in [-0.3, -0.25) is 13.2 Å². The molecule has 31 heavy (non-hydrogen) atoms. The number of imidazole rings is 1. The fourth-order valence-corrected chi connectivity index (χ4v) is 5.11. The molecular weight excluding hydrogens is 523 g/mol. The van der Waals surface area contributed by atoms with Crippen LogP contribution in [-0.4, -0.2) is 32.0 Å². The molecule has 0 bridgehead atoms. The van der Waals surface area contributed by atoms with Crippen molar-refractivity contribution < 1.29 is 165 Å². The van der Waals surface area contributed by atoms with Crippen LogP contribution < -0.4 is 144 Å². The Morgan fingerprint density at radius 1 is 1.03 bits per heavy atom. The second kappa shape index (κ2) is 15.8. The van der Waals surface area contributed by atoms with Gasteiger partial charge >= 0.3 is 118 Å². The number of rotatable bonds is 9. The van der Waals surface area contributed by atoms with Crippen molar-refractivity contribution in [1.29, 1.82) is 0 Å². The van der Waals surface area contributed by atoms with Crippen molar-refractivity contribution in [2.75, 3.05) is 12.1 Å². The Morgan fingerprint density at radius 3 is 2.16 bits per heavy atom. The Morgan fingerprint density at radius 2 is 1.61 bits per heavy atom. The van der Waals surface area contributed by atoms with Gasteiger partial charge < -0.3 is 43.7 Å². The molecule has 22 heteroatoms. The van der Waals surface area contributed by atoms with E-state index >= 15 is 0 Å².